The number of thiophene rings is 1. The lowest BCUT2D eigenvalue weighted by molar-refractivity contribution is -0.119. The second kappa shape index (κ2) is 4.74. The first-order valence-corrected chi connectivity index (χ1v) is 7.20. The number of rotatable bonds is 2. The van der Waals surface area contributed by atoms with Crippen LogP contribution >= 0.6 is 11.3 Å². The predicted molar refractivity (Wildman–Crippen MR) is 75.3 cm³/mol. The van der Waals surface area contributed by atoms with Gasteiger partial charge in [0.05, 0.1) is 6.54 Å². The summed E-state index contributed by atoms with van der Waals surface area (Å²) in [6.45, 7) is 4.47. The van der Waals surface area contributed by atoms with Crippen LogP contribution in [-0.2, 0) is 17.8 Å². The molecule has 19 heavy (non-hydrogen) atoms. The number of hydrogen-bond acceptors (Lipinski definition) is 4. The minimum absolute atomic E-state index is 0.151. The fraction of sp³-hybridized carbons (Fsp3) is 0.357. The molecule has 0 saturated carbocycles. The van der Waals surface area contributed by atoms with Crippen LogP contribution in [0.15, 0.2) is 17.5 Å². The number of fused-ring (bicyclic) bond motifs is 1. The molecule has 98 valence electrons. The zero-order chi connectivity index (χ0) is 13.4. The lowest BCUT2D eigenvalue weighted by Gasteiger charge is -2.28. The van der Waals surface area contributed by atoms with Crippen molar-refractivity contribution in [1.82, 2.24) is 9.97 Å². The van der Waals surface area contributed by atoms with Gasteiger partial charge in [0, 0.05) is 22.6 Å². The van der Waals surface area contributed by atoms with Gasteiger partial charge in [-0.1, -0.05) is 6.07 Å². The maximum absolute atomic E-state index is 12.2. The summed E-state index contributed by atoms with van der Waals surface area (Å²) in [6, 6.07) is 4.05. The second-order valence-corrected chi connectivity index (χ2v) is 5.75. The van der Waals surface area contributed by atoms with Gasteiger partial charge in [-0.15, -0.1) is 11.3 Å². The molecule has 0 bridgehead atoms. The Balaban J connectivity index is 2.03. The predicted octanol–water partition coefficient (Wildman–Crippen LogP) is 2.63. The van der Waals surface area contributed by atoms with Gasteiger partial charge in [0.2, 0.25) is 5.91 Å². The molecule has 0 radical (unpaired) electrons. The van der Waals surface area contributed by atoms with E-state index in [4.69, 9.17) is 0 Å². The number of nitrogens with zero attached hydrogens (tertiary/aromatic N) is 3. The average molecular weight is 273 g/mol. The molecule has 2 aromatic rings. The Labute approximate surface area is 116 Å². The summed E-state index contributed by atoms with van der Waals surface area (Å²) in [5.41, 5.74) is 2.10. The van der Waals surface area contributed by atoms with E-state index in [0.29, 0.717) is 13.0 Å². The van der Waals surface area contributed by atoms with Gasteiger partial charge in [0.1, 0.15) is 11.6 Å². The fourth-order valence-electron chi connectivity index (χ4n) is 2.44. The summed E-state index contributed by atoms with van der Waals surface area (Å²) < 4.78 is 0. The van der Waals surface area contributed by atoms with Crippen LogP contribution in [0.3, 0.4) is 0 Å². The summed E-state index contributed by atoms with van der Waals surface area (Å²) in [4.78, 5) is 24.0. The van der Waals surface area contributed by atoms with Crippen LogP contribution in [0.4, 0.5) is 5.82 Å². The van der Waals surface area contributed by atoms with Crippen LogP contribution in [0.5, 0.6) is 0 Å². The van der Waals surface area contributed by atoms with Crippen LogP contribution < -0.4 is 4.90 Å². The largest absolute Gasteiger partial charge is 0.291 e. The topological polar surface area (TPSA) is 46.1 Å². The highest BCUT2D eigenvalue weighted by Crippen LogP contribution is 2.29. The monoisotopic (exact) mass is 273 g/mol. The van der Waals surface area contributed by atoms with E-state index in [1.54, 1.807) is 16.2 Å². The van der Waals surface area contributed by atoms with E-state index < -0.39 is 0 Å². The Hall–Kier alpha value is -1.75. The van der Waals surface area contributed by atoms with Gasteiger partial charge in [-0.05, 0) is 31.7 Å². The third-order valence-electron chi connectivity index (χ3n) is 3.34. The van der Waals surface area contributed by atoms with E-state index >= 15 is 0 Å². The van der Waals surface area contributed by atoms with E-state index in [0.717, 1.165) is 29.3 Å². The molecule has 4 nitrogen and oxygen atoms in total. The quantitative estimate of drug-likeness (QED) is 0.845. The highest BCUT2D eigenvalue weighted by Gasteiger charge is 2.27. The van der Waals surface area contributed by atoms with Crippen LogP contribution in [0.1, 0.15) is 28.4 Å². The Bertz CT molecular complexity index is 622. The van der Waals surface area contributed by atoms with Crippen molar-refractivity contribution >= 4 is 23.1 Å². The van der Waals surface area contributed by atoms with Crippen LogP contribution in [0, 0.1) is 13.8 Å². The molecule has 0 fully saturated rings. The molecule has 3 rings (SSSR count). The Morgan fingerprint density at radius 2 is 2.16 bits per heavy atom. The van der Waals surface area contributed by atoms with E-state index in [-0.39, 0.29) is 5.91 Å². The van der Waals surface area contributed by atoms with Crippen LogP contribution in [-0.4, -0.2) is 15.9 Å². The fourth-order valence-corrected chi connectivity index (χ4v) is 3.13. The lowest BCUT2D eigenvalue weighted by atomic mass is 10.0. The molecule has 0 N–H and O–H groups in total. The zero-order valence-corrected chi connectivity index (χ0v) is 11.8. The van der Waals surface area contributed by atoms with E-state index in [1.807, 2.05) is 31.4 Å². The van der Waals surface area contributed by atoms with Crippen LogP contribution in [0.2, 0.25) is 0 Å². The minimum Gasteiger partial charge on any atom is -0.291 e. The maximum atomic E-state index is 12.2. The van der Waals surface area contributed by atoms with Crippen molar-refractivity contribution in [3.05, 3.63) is 39.5 Å². The summed E-state index contributed by atoms with van der Waals surface area (Å²) in [5, 5.41) is 2.03. The highest BCUT2D eigenvalue weighted by molar-refractivity contribution is 7.09. The van der Waals surface area contributed by atoms with Crippen molar-refractivity contribution in [2.24, 2.45) is 0 Å². The number of carbonyl (C=O) groups is 1. The molecule has 0 unspecified atom stereocenters. The van der Waals surface area contributed by atoms with Gasteiger partial charge in [0.25, 0.3) is 0 Å². The molecular formula is C14H15N3OS. The SMILES string of the molecule is Cc1nc(C)c2c(n1)N(Cc1cccs1)C(=O)CC2. The van der Waals surface area contributed by atoms with Crippen molar-refractivity contribution in [2.45, 2.75) is 33.2 Å². The van der Waals surface area contributed by atoms with Crippen molar-refractivity contribution < 1.29 is 4.79 Å². The minimum atomic E-state index is 0.151. The first-order chi connectivity index (χ1) is 9.15. The molecule has 0 aromatic carbocycles. The number of aromatic nitrogens is 2. The second-order valence-electron chi connectivity index (χ2n) is 4.72. The van der Waals surface area contributed by atoms with Crippen molar-refractivity contribution in [3.63, 3.8) is 0 Å². The van der Waals surface area contributed by atoms with Gasteiger partial charge >= 0.3 is 0 Å². The third-order valence-corrected chi connectivity index (χ3v) is 4.20. The molecule has 5 heteroatoms. The van der Waals surface area contributed by atoms with Gasteiger partial charge in [-0.3, -0.25) is 9.69 Å². The summed E-state index contributed by atoms with van der Waals surface area (Å²) in [6.07, 6.45) is 1.30. The molecule has 3 heterocycles. The number of amides is 1. The molecule has 0 atom stereocenters. The third kappa shape index (κ3) is 2.26. The van der Waals surface area contributed by atoms with Gasteiger partial charge in [0.15, 0.2) is 0 Å². The first-order valence-electron chi connectivity index (χ1n) is 6.32. The number of anilines is 1. The lowest BCUT2D eigenvalue weighted by Crippen LogP contribution is -2.36. The molecule has 0 aliphatic carbocycles. The Morgan fingerprint density at radius 1 is 1.32 bits per heavy atom. The first kappa shape index (κ1) is 12.3. The molecular weight excluding hydrogens is 258 g/mol. The molecule has 1 amide bonds. The van der Waals surface area contributed by atoms with Gasteiger partial charge < -0.3 is 0 Å². The molecule has 0 saturated heterocycles. The smallest absolute Gasteiger partial charge is 0.228 e. The Kier molecular flexibility index (Phi) is 3.06. The Morgan fingerprint density at radius 3 is 2.89 bits per heavy atom. The van der Waals surface area contributed by atoms with Crippen molar-refractivity contribution in [3.8, 4) is 0 Å². The zero-order valence-electron chi connectivity index (χ0n) is 11.0. The molecule has 1 aliphatic rings. The van der Waals surface area contributed by atoms with E-state index in [2.05, 4.69) is 9.97 Å². The molecule has 2 aromatic heterocycles. The van der Waals surface area contributed by atoms with Gasteiger partial charge in [-0.25, -0.2) is 9.97 Å². The van der Waals surface area contributed by atoms with Crippen molar-refractivity contribution in [2.75, 3.05) is 4.90 Å². The standard InChI is InChI=1S/C14H15N3OS/c1-9-12-5-6-13(18)17(8-11-4-3-7-19-11)14(12)16-10(2)15-9/h3-4,7H,5-6,8H2,1-2H3. The molecule has 0 spiro atoms. The number of aryl methyl sites for hydroxylation is 2. The number of hydrogen-bond donors (Lipinski definition) is 0. The normalized spacial score (nSPS) is 14.6. The van der Waals surface area contributed by atoms with E-state index in [1.165, 1.54) is 4.88 Å². The summed E-state index contributed by atoms with van der Waals surface area (Å²) in [7, 11) is 0. The van der Waals surface area contributed by atoms with Gasteiger partial charge in [-0.2, -0.15) is 0 Å². The number of carbonyl (C=O) groups excluding carboxylic acids is 1. The van der Waals surface area contributed by atoms with Crippen LogP contribution in [0.25, 0.3) is 0 Å². The summed E-state index contributed by atoms with van der Waals surface area (Å²) >= 11 is 1.66. The van der Waals surface area contributed by atoms with Crippen molar-refractivity contribution in [1.29, 1.82) is 0 Å². The maximum Gasteiger partial charge on any atom is 0.228 e. The molecule has 1 aliphatic heterocycles. The van der Waals surface area contributed by atoms with E-state index in [9.17, 15) is 4.79 Å². The highest BCUT2D eigenvalue weighted by atomic mass is 32.1. The average Bonchev–Trinajstić information content (AvgIpc) is 2.85. The summed E-state index contributed by atoms with van der Waals surface area (Å²) in [5.74, 6) is 1.68.